The van der Waals surface area contributed by atoms with Gasteiger partial charge in [-0.15, -0.1) is 0 Å². The molecule has 1 N–H and O–H groups in total. The van der Waals surface area contributed by atoms with E-state index in [1.807, 2.05) is 24.3 Å². The molecule has 28 heavy (non-hydrogen) atoms. The van der Waals surface area contributed by atoms with Gasteiger partial charge in [-0.3, -0.25) is 9.59 Å². The summed E-state index contributed by atoms with van der Waals surface area (Å²) in [6.07, 6.45) is 1.44. The average molecular weight is 373 g/mol. The number of hydrogen-bond donors (Lipinski definition) is 1. The van der Waals surface area contributed by atoms with Crippen LogP contribution in [0.4, 0.5) is 4.39 Å². The number of carbonyl (C=O) groups excluding carboxylic acids is 1. The van der Waals surface area contributed by atoms with Gasteiger partial charge in [0, 0.05) is 10.8 Å². The second kappa shape index (κ2) is 7.44. The van der Waals surface area contributed by atoms with Gasteiger partial charge in [-0.2, -0.15) is 5.10 Å². The van der Waals surface area contributed by atoms with Crippen LogP contribution in [0, 0.1) is 5.82 Å². The van der Waals surface area contributed by atoms with Gasteiger partial charge < -0.3 is 4.57 Å². The van der Waals surface area contributed by atoms with Crippen LogP contribution < -0.4 is 10.9 Å². The number of hydrazone groups is 1. The summed E-state index contributed by atoms with van der Waals surface area (Å²) in [5.41, 5.74) is 4.45. The number of hydrogen-bond acceptors (Lipinski definition) is 3. The Morgan fingerprint density at radius 2 is 1.50 bits per heavy atom. The maximum absolute atomic E-state index is 12.9. The number of para-hydroxylation sites is 2. The number of fused-ring (bicyclic) bond motifs is 2. The van der Waals surface area contributed by atoms with Gasteiger partial charge >= 0.3 is 0 Å². The van der Waals surface area contributed by atoms with Crippen molar-refractivity contribution in [3.05, 3.63) is 94.4 Å². The zero-order valence-electron chi connectivity index (χ0n) is 14.8. The molecule has 4 aromatic rings. The Morgan fingerprint density at radius 3 is 2.11 bits per heavy atom. The van der Waals surface area contributed by atoms with Crippen molar-refractivity contribution in [2.75, 3.05) is 0 Å². The van der Waals surface area contributed by atoms with Gasteiger partial charge in [0.05, 0.1) is 17.2 Å². The Kier molecular flexibility index (Phi) is 4.68. The summed E-state index contributed by atoms with van der Waals surface area (Å²) in [5.74, 6) is -0.671. The van der Waals surface area contributed by atoms with E-state index in [2.05, 4.69) is 10.5 Å². The lowest BCUT2D eigenvalue weighted by Gasteiger charge is -2.14. The lowest BCUT2D eigenvalue weighted by molar-refractivity contribution is -0.121. The number of halogens is 1. The molecule has 4 rings (SSSR count). The number of nitrogens with one attached hydrogen (secondary N) is 1. The van der Waals surface area contributed by atoms with Crippen LogP contribution in [0.25, 0.3) is 21.8 Å². The molecule has 1 amide bonds. The van der Waals surface area contributed by atoms with Gasteiger partial charge in [0.2, 0.25) is 0 Å². The maximum atomic E-state index is 12.9. The van der Waals surface area contributed by atoms with E-state index >= 15 is 0 Å². The minimum absolute atomic E-state index is 0.00205. The maximum Gasteiger partial charge on any atom is 0.260 e. The number of amides is 1. The monoisotopic (exact) mass is 373 g/mol. The van der Waals surface area contributed by atoms with E-state index in [-0.39, 0.29) is 23.7 Å². The van der Waals surface area contributed by atoms with E-state index in [1.165, 1.54) is 18.3 Å². The summed E-state index contributed by atoms with van der Waals surface area (Å²) in [4.78, 5) is 25.2. The highest BCUT2D eigenvalue weighted by molar-refractivity contribution is 5.95. The topological polar surface area (TPSA) is 63.5 Å². The summed E-state index contributed by atoms with van der Waals surface area (Å²) >= 11 is 0. The molecule has 5 nitrogen and oxygen atoms in total. The van der Waals surface area contributed by atoms with Crippen LogP contribution in [-0.4, -0.2) is 16.7 Å². The van der Waals surface area contributed by atoms with Crippen LogP contribution in [0.1, 0.15) is 5.56 Å². The molecule has 0 saturated carbocycles. The van der Waals surface area contributed by atoms with Crippen molar-refractivity contribution in [3.8, 4) is 0 Å². The first kappa shape index (κ1) is 17.6. The van der Waals surface area contributed by atoms with E-state index < -0.39 is 0 Å². The average Bonchev–Trinajstić information content (AvgIpc) is 2.72. The molecule has 0 atom stereocenters. The van der Waals surface area contributed by atoms with Crippen molar-refractivity contribution in [2.45, 2.75) is 6.54 Å². The van der Waals surface area contributed by atoms with E-state index in [9.17, 15) is 14.0 Å². The molecule has 0 aliphatic heterocycles. The Balaban J connectivity index is 1.65. The van der Waals surface area contributed by atoms with E-state index in [1.54, 1.807) is 41.0 Å². The Labute approximate surface area is 159 Å². The van der Waals surface area contributed by atoms with Crippen LogP contribution in [0.3, 0.4) is 0 Å². The van der Waals surface area contributed by atoms with Crippen molar-refractivity contribution >= 4 is 33.9 Å². The molecule has 0 fully saturated rings. The zero-order chi connectivity index (χ0) is 19.5. The third-order valence-electron chi connectivity index (χ3n) is 4.45. The highest BCUT2D eigenvalue weighted by Gasteiger charge is 2.12. The van der Waals surface area contributed by atoms with Gasteiger partial charge in [-0.1, -0.05) is 36.4 Å². The van der Waals surface area contributed by atoms with Crippen molar-refractivity contribution < 1.29 is 9.18 Å². The van der Waals surface area contributed by atoms with Gasteiger partial charge in [0.1, 0.15) is 12.4 Å². The lowest BCUT2D eigenvalue weighted by Crippen LogP contribution is -2.25. The Hall–Kier alpha value is -3.80. The smallest absolute Gasteiger partial charge is 0.260 e. The quantitative estimate of drug-likeness (QED) is 0.338. The number of benzene rings is 3. The van der Waals surface area contributed by atoms with Crippen LogP contribution in [-0.2, 0) is 11.3 Å². The molecule has 0 aliphatic carbocycles. The third kappa shape index (κ3) is 3.40. The predicted molar refractivity (Wildman–Crippen MR) is 108 cm³/mol. The van der Waals surface area contributed by atoms with Gasteiger partial charge in [0.25, 0.3) is 5.91 Å². The molecule has 0 aliphatic rings. The molecule has 0 spiro atoms. The normalized spacial score (nSPS) is 11.3. The van der Waals surface area contributed by atoms with E-state index in [4.69, 9.17) is 0 Å². The number of pyridine rings is 1. The first-order chi connectivity index (χ1) is 13.6. The molecule has 0 radical (unpaired) electrons. The molecular formula is C22H16FN3O2. The molecule has 0 saturated heterocycles. The molecule has 1 aromatic heterocycles. The number of carbonyl (C=O) groups is 1. The van der Waals surface area contributed by atoms with Crippen LogP contribution in [0.2, 0.25) is 0 Å². The van der Waals surface area contributed by atoms with Crippen molar-refractivity contribution in [1.82, 2.24) is 9.99 Å². The van der Waals surface area contributed by atoms with E-state index in [0.29, 0.717) is 27.4 Å². The second-order valence-corrected chi connectivity index (χ2v) is 6.29. The molecular weight excluding hydrogens is 357 g/mol. The standard InChI is InChI=1S/C22H16FN3O2/c23-16-11-9-15(10-12-16)13-24-25-21(27)14-26-19-7-3-1-5-17(19)22(28)18-6-2-4-8-20(18)26/h1-13H,14H2,(H,25,27). The molecule has 0 unspecified atom stereocenters. The lowest BCUT2D eigenvalue weighted by atomic mass is 10.1. The fourth-order valence-corrected chi connectivity index (χ4v) is 3.15. The van der Waals surface area contributed by atoms with E-state index in [0.717, 1.165) is 0 Å². The van der Waals surface area contributed by atoms with Crippen molar-refractivity contribution in [1.29, 1.82) is 0 Å². The number of nitrogens with zero attached hydrogens (tertiary/aromatic N) is 2. The fraction of sp³-hybridized carbons (Fsp3) is 0.0455. The summed E-state index contributed by atoms with van der Waals surface area (Å²) in [6.45, 7) is 0.00205. The largest absolute Gasteiger partial charge is 0.331 e. The summed E-state index contributed by atoms with van der Waals surface area (Å²) in [6, 6.07) is 20.2. The van der Waals surface area contributed by atoms with Crippen LogP contribution in [0.5, 0.6) is 0 Å². The second-order valence-electron chi connectivity index (χ2n) is 6.29. The predicted octanol–water partition coefficient (Wildman–Crippen LogP) is 3.44. The van der Waals surface area contributed by atoms with Gasteiger partial charge in [-0.25, -0.2) is 9.82 Å². The molecule has 138 valence electrons. The summed E-state index contributed by atoms with van der Waals surface area (Å²) in [7, 11) is 0. The first-order valence-corrected chi connectivity index (χ1v) is 8.71. The van der Waals surface area contributed by atoms with Gasteiger partial charge in [-0.05, 0) is 42.0 Å². The summed E-state index contributed by atoms with van der Waals surface area (Å²) < 4.78 is 14.7. The number of rotatable bonds is 4. The van der Waals surface area contributed by atoms with Crippen LogP contribution in [0.15, 0.2) is 82.7 Å². The minimum atomic E-state index is -0.336. The molecule has 1 heterocycles. The van der Waals surface area contributed by atoms with Crippen LogP contribution >= 0.6 is 0 Å². The minimum Gasteiger partial charge on any atom is -0.331 e. The Morgan fingerprint density at radius 1 is 0.929 bits per heavy atom. The number of aromatic nitrogens is 1. The van der Waals surface area contributed by atoms with Crippen molar-refractivity contribution in [3.63, 3.8) is 0 Å². The third-order valence-corrected chi connectivity index (χ3v) is 4.45. The zero-order valence-corrected chi connectivity index (χ0v) is 14.8. The highest BCUT2D eigenvalue weighted by Crippen LogP contribution is 2.18. The first-order valence-electron chi connectivity index (χ1n) is 8.71. The molecule has 3 aromatic carbocycles. The summed E-state index contributed by atoms with van der Waals surface area (Å²) in [5, 5.41) is 5.04. The SMILES string of the molecule is O=C(Cn1c2ccccc2c(=O)c2ccccc21)NN=Cc1ccc(F)cc1. The highest BCUT2D eigenvalue weighted by atomic mass is 19.1. The fourth-order valence-electron chi connectivity index (χ4n) is 3.15. The van der Waals surface area contributed by atoms with Gasteiger partial charge in [0.15, 0.2) is 5.43 Å². The van der Waals surface area contributed by atoms with Crippen molar-refractivity contribution in [2.24, 2.45) is 5.10 Å². The molecule has 6 heteroatoms. The molecule has 0 bridgehead atoms. The Bertz CT molecular complexity index is 1200.